The zero-order valence-electron chi connectivity index (χ0n) is 9.94. The summed E-state index contributed by atoms with van der Waals surface area (Å²) in [6.45, 7) is 0.160. The molecule has 101 valence electrons. The smallest absolute Gasteiger partial charge is 0.320 e. The summed E-state index contributed by atoms with van der Waals surface area (Å²) in [7, 11) is 0. The van der Waals surface area contributed by atoms with Crippen molar-refractivity contribution in [1.29, 1.82) is 0 Å². The highest BCUT2D eigenvalue weighted by Crippen LogP contribution is 2.13. The Labute approximate surface area is 109 Å². The molecule has 0 aromatic heterocycles. The maximum atomic E-state index is 10.5. The molecule has 1 aromatic rings. The van der Waals surface area contributed by atoms with E-state index in [0.717, 1.165) is 0 Å². The molecular weight excluding hydrogens is 252 g/mol. The molecule has 19 heavy (non-hydrogen) atoms. The molecule has 0 bridgehead atoms. The van der Waals surface area contributed by atoms with E-state index in [1.54, 1.807) is 12.1 Å². The lowest BCUT2D eigenvalue weighted by Gasteiger charge is -2.08. The van der Waals surface area contributed by atoms with E-state index in [4.69, 9.17) is 20.8 Å². The fourth-order valence-electron chi connectivity index (χ4n) is 1.27. The molecule has 0 amide bonds. The van der Waals surface area contributed by atoms with Gasteiger partial charge >= 0.3 is 5.97 Å². The number of carbonyl (C=O) groups excluding carboxylic acids is 1. The highest BCUT2D eigenvalue weighted by molar-refractivity contribution is 6.36. The Morgan fingerprint density at radius 3 is 2.53 bits per heavy atom. The van der Waals surface area contributed by atoms with Crippen LogP contribution in [0.3, 0.4) is 0 Å². The van der Waals surface area contributed by atoms with E-state index in [1.165, 1.54) is 18.4 Å². The van der Waals surface area contributed by atoms with E-state index in [-0.39, 0.29) is 18.7 Å². The lowest BCUT2D eigenvalue weighted by atomic mass is 10.1. The Bertz CT molecular complexity index is 470. The van der Waals surface area contributed by atoms with Crippen molar-refractivity contribution in [2.24, 2.45) is 10.9 Å². The van der Waals surface area contributed by atoms with Crippen LogP contribution in [0.5, 0.6) is 5.75 Å². The molecular formula is C12H13N2O5. The van der Waals surface area contributed by atoms with E-state index < -0.39 is 12.0 Å². The van der Waals surface area contributed by atoms with Crippen LogP contribution >= 0.6 is 0 Å². The van der Waals surface area contributed by atoms with Crippen molar-refractivity contribution in [3.63, 3.8) is 0 Å². The van der Waals surface area contributed by atoms with Gasteiger partial charge in [0.05, 0.1) is 6.61 Å². The molecule has 4 N–H and O–H groups in total. The highest BCUT2D eigenvalue weighted by atomic mass is 16.5. The van der Waals surface area contributed by atoms with E-state index in [1.807, 2.05) is 0 Å². The Kier molecular flexibility index (Phi) is 5.49. The number of nitrogens with zero attached hydrogens (tertiary/aromatic N) is 1. The van der Waals surface area contributed by atoms with Gasteiger partial charge in [0.1, 0.15) is 11.8 Å². The number of oxime groups is 1. The first-order chi connectivity index (χ1) is 9.08. The summed E-state index contributed by atoms with van der Waals surface area (Å²) in [5.74, 6) is -0.589. The fourth-order valence-corrected chi connectivity index (χ4v) is 1.27. The average Bonchev–Trinajstić information content (AvgIpc) is 2.41. The van der Waals surface area contributed by atoms with Gasteiger partial charge < -0.3 is 20.8 Å². The number of carbonyl (C=O) groups is 1. The van der Waals surface area contributed by atoms with Crippen molar-refractivity contribution in [2.75, 3.05) is 6.61 Å². The van der Waals surface area contributed by atoms with Crippen molar-refractivity contribution in [3.05, 3.63) is 29.8 Å². The standard InChI is InChI=1S/C12H13N2O5/c13-10(12(16)17)5-6-19-9-3-1-8(2-4-9)11(7-15)14-18/h1-4,10,18H,5-6,13H2,(H,16,17). The van der Waals surface area contributed by atoms with Crippen molar-refractivity contribution in [2.45, 2.75) is 12.5 Å². The molecule has 0 saturated carbocycles. The Morgan fingerprint density at radius 1 is 1.42 bits per heavy atom. The summed E-state index contributed by atoms with van der Waals surface area (Å²) in [4.78, 5) is 20.9. The molecule has 0 saturated heterocycles. The molecule has 1 unspecified atom stereocenters. The molecule has 1 aromatic carbocycles. The molecule has 0 heterocycles. The van der Waals surface area contributed by atoms with Crippen LogP contribution in [-0.2, 0) is 9.59 Å². The van der Waals surface area contributed by atoms with Gasteiger partial charge in [0, 0.05) is 12.0 Å². The van der Waals surface area contributed by atoms with Crippen LogP contribution in [0.15, 0.2) is 29.4 Å². The summed E-state index contributed by atoms with van der Waals surface area (Å²) in [6, 6.07) is 5.20. The molecule has 1 atom stereocenters. The highest BCUT2D eigenvalue weighted by Gasteiger charge is 2.11. The second kappa shape index (κ2) is 7.12. The minimum atomic E-state index is -1.08. The number of ether oxygens (including phenoxy) is 1. The van der Waals surface area contributed by atoms with Gasteiger partial charge in [-0.3, -0.25) is 9.59 Å². The molecule has 0 spiro atoms. The molecule has 1 radical (unpaired) electrons. The first-order valence-corrected chi connectivity index (χ1v) is 5.40. The summed E-state index contributed by atoms with van der Waals surface area (Å²) in [5, 5.41) is 19.9. The predicted octanol–water partition coefficient (Wildman–Crippen LogP) is 0.155. The van der Waals surface area contributed by atoms with Crippen molar-refractivity contribution >= 4 is 18.0 Å². The molecule has 0 fully saturated rings. The normalized spacial score (nSPS) is 12.8. The van der Waals surface area contributed by atoms with Gasteiger partial charge in [0.15, 0.2) is 5.71 Å². The first kappa shape index (κ1) is 14.7. The number of hydrogen-bond acceptors (Lipinski definition) is 6. The van der Waals surface area contributed by atoms with Crippen LogP contribution in [0.1, 0.15) is 12.0 Å². The van der Waals surface area contributed by atoms with E-state index in [2.05, 4.69) is 5.16 Å². The number of aliphatic carboxylic acids is 1. The lowest BCUT2D eigenvalue weighted by Crippen LogP contribution is -2.31. The second-order valence-corrected chi connectivity index (χ2v) is 3.66. The number of nitrogens with two attached hydrogens (primary N) is 1. The number of carboxylic acids is 1. The monoisotopic (exact) mass is 265 g/mol. The van der Waals surface area contributed by atoms with Crippen LogP contribution in [0.4, 0.5) is 0 Å². The number of benzene rings is 1. The third-order valence-electron chi connectivity index (χ3n) is 2.34. The lowest BCUT2D eigenvalue weighted by molar-refractivity contribution is -0.138. The molecule has 7 heteroatoms. The summed E-state index contributed by atoms with van der Waals surface area (Å²) in [6.07, 6.45) is 1.67. The molecule has 1 rings (SSSR count). The number of rotatable bonds is 7. The quantitative estimate of drug-likeness (QED) is 0.366. The maximum absolute atomic E-state index is 10.5. The SMILES string of the molecule is NC(CCOc1ccc(C([C]=O)=NO)cc1)C(=O)O. The third kappa shape index (κ3) is 4.40. The van der Waals surface area contributed by atoms with Crippen molar-refractivity contribution in [3.8, 4) is 5.75 Å². The summed E-state index contributed by atoms with van der Waals surface area (Å²) < 4.78 is 5.28. The van der Waals surface area contributed by atoms with Gasteiger partial charge in [-0.25, -0.2) is 0 Å². The van der Waals surface area contributed by atoms with Gasteiger partial charge in [-0.05, 0) is 24.3 Å². The summed E-state index contributed by atoms with van der Waals surface area (Å²) >= 11 is 0. The van der Waals surface area contributed by atoms with Gasteiger partial charge in [-0.1, -0.05) is 5.16 Å². The first-order valence-electron chi connectivity index (χ1n) is 5.40. The van der Waals surface area contributed by atoms with Crippen LogP contribution in [0.25, 0.3) is 0 Å². The van der Waals surface area contributed by atoms with E-state index in [9.17, 15) is 9.59 Å². The van der Waals surface area contributed by atoms with E-state index >= 15 is 0 Å². The van der Waals surface area contributed by atoms with Crippen molar-refractivity contribution in [1.82, 2.24) is 0 Å². The summed E-state index contributed by atoms with van der Waals surface area (Å²) in [5.41, 5.74) is 5.50. The van der Waals surface area contributed by atoms with Gasteiger partial charge in [0.2, 0.25) is 0 Å². The van der Waals surface area contributed by atoms with Crippen LogP contribution in [0.2, 0.25) is 0 Å². The topological polar surface area (TPSA) is 122 Å². The average molecular weight is 265 g/mol. The van der Waals surface area contributed by atoms with Crippen molar-refractivity contribution < 1.29 is 24.6 Å². The molecule has 0 aliphatic rings. The largest absolute Gasteiger partial charge is 0.494 e. The zero-order valence-corrected chi connectivity index (χ0v) is 9.94. The number of carboxylic acid groups (broad SMARTS) is 1. The van der Waals surface area contributed by atoms with Crippen LogP contribution in [0, 0.1) is 0 Å². The van der Waals surface area contributed by atoms with Gasteiger partial charge in [-0.2, -0.15) is 0 Å². The molecule has 0 aliphatic heterocycles. The fraction of sp³-hybridized carbons (Fsp3) is 0.250. The molecule has 7 nitrogen and oxygen atoms in total. The van der Waals surface area contributed by atoms with Gasteiger partial charge in [-0.15, -0.1) is 0 Å². The maximum Gasteiger partial charge on any atom is 0.320 e. The van der Waals surface area contributed by atoms with E-state index in [0.29, 0.717) is 11.3 Å². The minimum absolute atomic E-state index is 0.160. The van der Waals surface area contributed by atoms with Crippen LogP contribution < -0.4 is 10.5 Å². The number of hydrogen-bond donors (Lipinski definition) is 3. The van der Waals surface area contributed by atoms with Crippen LogP contribution in [-0.4, -0.2) is 40.9 Å². The predicted molar refractivity (Wildman–Crippen MR) is 66.2 cm³/mol. The third-order valence-corrected chi connectivity index (χ3v) is 2.34. The Morgan fingerprint density at radius 2 is 2.05 bits per heavy atom. The molecule has 0 aliphatic carbocycles. The zero-order chi connectivity index (χ0) is 14.3. The Balaban J connectivity index is 2.53. The second-order valence-electron chi connectivity index (χ2n) is 3.66. The van der Waals surface area contributed by atoms with Gasteiger partial charge in [0.25, 0.3) is 6.29 Å². The minimum Gasteiger partial charge on any atom is -0.494 e. The Hall–Kier alpha value is -2.41.